The molecular weight excluding hydrogens is 222 g/mol. The average Bonchev–Trinajstić information content (AvgIpc) is 2.23. The van der Waals surface area contributed by atoms with Crippen molar-refractivity contribution in [2.45, 2.75) is 31.2 Å². The fourth-order valence-corrected chi connectivity index (χ4v) is 2.30. The van der Waals surface area contributed by atoms with Gasteiger partial charge in [0.1, 0.15) is 0 Å². The first-order valence-corrected chi connectivity index (χ1v) is 6.27. The minimum Gasteiger partial charge on any atom is -0.396 e. The molecule has 1 aliphatic rings. The van der Waals surface area contributed by atoms with Gasteiger partial charge in [0.25, 0.3) is 0 Å². The van der Waals surface area contributed by atoms with Crippen LogP contribution in [0.25, 0.3) is 0 Å². The van der Waals surface area contributed by atoms with Crippen LogP contribution in [-0.2, 0) is 0 Å². The summed E-state index contributed by atoms with van der Waals surface area (Å²) in [5, 5.41) is 12.9. The number of aliphatic hydroxyl groups is 1. The zero-order valence-electron chi connectivity index (χ0n) is 9.32. The molecule has 0 aliphatic heterocycles. The molecule has 0 atom stereocenters. The van der Waals surface area contributed by atoms with Gasteiger partial charge in [0, 0.05) is 17.7 Å². The normalized spacial score (nSPS) is 24.1. The van der Waals surface area contributed by atoms with E-state index in [1.165, 1.54) is 18.4 Å². The number of nitrogens with one attached hydrogen (secondary N) is 1. The lowest BCUT2D eigenvalue weighted by Gasteiger charge is -2.36. The lowest BCUT2D eigenvalue weighted by Crippen LogP contribution is -2.40. The van der Waals surface area contributed by atoms with Crippen molar-refractivity contribution < 1.29 is 5.11 Å². The number of hydrogen-bond donors (Lipinski definition) is 2. The molecule has 0 aromatic heterocycles. The lowest BCUT2D eigenvalue weighted by atomic mass is 9.76. The Balaban J connectivity index is 1.73. The van der Waals surface area contributed by atoms with Crippen molar-refractivity contribution >= 4 is 11.6 Å². The minimum absolute atomic E-state index is 0.278. The van der Waals surface area contributed by atoms with E-state index in [-0.39, 0.29) is 6.61 Å². The lowest BCUT2D eigenvalue weighted by molar-refractivity contribution is 0.258. The second-order valence-corrected chi connectivity index (χ2v) is 4.88. The Morgan fingerprint density at radius 2 is 1.94 bits per heavy atom. The van der Waals surface area contributed by atoms with Gasteiger partial charge in [-0.3, -0.25) is 0 Å². The Kier molecular flexibility index (Phi) is 4.22. The van der Waals surface area contributed by atoms with E-state index >= 15 is 0 Å². The molecule has 2 N–H and O–H groups in total. The molecule has 1 saturated carbocycles. The highest BCUT2D eigenvalue weighted by molar-refractivity contribution is 6.30. The monoisotopic (exact) mass is 239 g/mol. The second-order valence-electron chi connectivity index (χ2n) is 4.45. The van der Waals surface area contributed by atoms with E-state index in [0.29, 0.717) is 12.0 Å². The van der Waals surface area contributed by atoms with Gasteiger partial charge in [0.05, 0.1) is 0 Å². The van der Waals surface area contributed by atoms with Crippen molar-refractivity contribution in [3.63, 3.8) is 0 Å². The van der Waals surface area contributed by atoms with Crippen molar-refractivity contribution in [3.05, 3.63) is 34.9 Å². The highest BCUT2D eigenvalue weighted by Gasteiger charge is 2.29. The number of hydrogen-bond acceptors (Lipinski definition) is 2. The molecule has 2 rings (SSSR count). The van der Waals surface area contributed by atoms with Crippen LogP contribution < -0.4 is 5.32 Å². The van der Waals surface area contributed by atoms with Crippen LogP contribution in [0.2, 0.25) is 5.02 Å². The Hall–Kier alpha value is -0.570. The summed E-state index contributed by atoms with van der Waals surface area (Å²) < 4.78 is 0. The molecule has 3 heteroatoms. The van der Waals surface area contributed by atoms with E-state index in [4.69, 9.17) is 16.7 Å². The molecule has 0 amide bonds. The third kappa shape index (κ3) is 2.97. The maximum absolute atomic E-state index is 8.67. The molecule has 0 heterocycles. The molecule has 0 saturated heterocycles. The van der Waals surface area contributed by atoms with Gasteiger partial charge in [-0.1, -0.05) is 23.7 Å². The van der Waals surface area contributed by atoms with Crippen LogP contribution in [0, 0.1) is 0 Å². The first-order valence-electron chi connectivity index (χ1n) is 5.89. The number of benzene rings is 1. The van der Waals surface area contributed by atoms with Gasteiger partial charge in [-0.05, 0) is 49.4 Å². The largest absolute Gasteiger partial charge is 0.396 e. The van der Waals surface area contributed by atoms with Crippen molar-refractivity contribution in [2.75, 3.05) is 13.2 Å². The topological polar surface area (TPSA) is 32.3 Å². The van der Waals surface area contributed by atoms with Gasteiger partial charge in [-0.25, -0.2) is 0 Å². The first kappa shape index (κ1) is 11.9. The van der Waals surface area contributed by atoms with E-state index in [9.17, 15) is 0 Å². The van der Waals surface area contributed by atoms with Gasteiger partial charge in [-0.15, -0.1) is 0 Å². The summed E-state index contributed by atoms with van der Waals surface area (Å²) in [7, 11) is 0. The van der Waals surface area contributed by atoms with Crippen LogP contribution >= 0.6 is 11.6 Å². The highest BCUT2D eigenvalue weighted by Crippen LogP contribution is 2.37. The van der Waals surface area contributed by atoms with Gasteiger partial charge < -0.3 is 10.4 Å². The zero-order valence-corrected chi connectivity index (χ0v) is 10.1. The fourth-order valence-electron chi connectivity index (χ4n) is 2.18. The standard InChI is InChI=1S/C13H18ClNO/c14-12-4-2-10(3-5-12)11-8-13(9-11)15-6-1-7-16/h2-5,11,13,15-16H,1,6-9H2. The van der Waals surface area contributed by atoms with Crippen LogP contribution in [-0.4, -0.2) is 24.3 Å². The fraction of sp³-hybridized carbons (Fsp3) is 0.538. The summed E-state index contributed by atoms with van der Waals surface area (Å²) in [6.07, 6.45) is 3.25. The second kappa shape index (κ2) is 5.67. The molecule has 0 spiro atoms. The maximum Gasteiger partial charge on any atom is 0.0443 e. The summed E-state index contributed by atoms with van der Waals surface area (Å²) in [5.74, 6) is 0.684. The molecular formula is C13H18ClNO. The van der Waals surface area contributed by atoms with E-state index in [1.54, 1.807) is 0 Å². The SMILES string of the molecule is OCCCNC1CC(c2ccc(Cl)cc2)C1. The number of rotatable bonds is 5. The molecule has 1 fully saturated rings. The van der Waals surface area contributed by atoms with E-state index < -0.39 is 0 Å². The molecule has 16 heavy (non-hydrogen) atoms. The van der Waals surface area contributed by atoms with E-state index in [0.717, 1.165) is 18.0 Å². The molecule has 1 aromatic rings. The van der Waals surface area contributed by atoms with Crippen molar-refractivity contribution in [3.8, 4) is 0 Å². The Bertz CT molecular complexity index is 319. The molecule has 1 aromatic carbocycles. The van der Waals surface area contributed by atoms with E-state index in [2.05, 4.69) is 17.4 Å². The predicted molar refractivity (Wildman–Crippen MR) is 66.9 cm³/mol. The van der Waals surface area contributed by atoms with E-state index in [1.807, 2.05) is 12.1 Å². The van der Waals surface area contributed by atoms with Gasteiger partial charge in [-0.2, -0.15) is 0 Å². The van der Waals surface area contributed by atoms with Crippen LogP contribution in [0.5, 0.6) is 0 Å². The number of halogens is 1. The molecule has 88 valence electrons. The summed E-state index contributed by atoms with van der Waals surface area (Å²) in [6, 6.07) is 8.80. The smallest absolute Gasteiger partial charge is 0.0443 e. The van der Waals surface area contributed by atoms with Crippen LogP contribution in [0.4, 0.5) is 0 Å². The summed E-state index contributed by atoms with van der Waals surface area (Å²) in [4.78, 5) is 0. The highest BCUT2D eigenvalue weighted by atomic mass is 35.5. The maximum atomic E-state index is 8.67. The minimum atomic E-state index is 0.278. The molecule has 1 aliphatic carbocycles. The van der Waals surface area contributed by atoms with Crippen molar-refractivity contribution in [2.24, 2.45) is 0 Å². The van der Waals surface area contributed by atoms with Crippen molar-refractivity contribution in [1.82, 2.24) is 5.32 Å². The molecule has 0 radical (unpaired) electrons. The summed E-state index contributed by atoms with van der Waals surface area (Å²) in [6.45, 7) is 1.20. The summed E-state index contributed by atoms with van der Waals surface area (Å²) >= 11 is 5.85. The first-order chi connectivity index (χ1) is 7.79. The Labute approximate surface area is 102 Å². The molecule has 2 nitrogen and oxygen atoms in total. The third-order valence-electron chi connectivity index (χ3n) is 3.25. The quantitative estimate of drug-likeness (QED) is 0.775. The predicted octanol–water partition coefficient (Wildman–Crippen LogP) is 2.56. The van der Waals surface area contributed by atoms with Crippen molar-refractivity contribution in [1.29, 1.82) is 0 Å². The molecule has 0 bridgehead atoms. The van der Waals surface area contributed by atoms with Gasteiger partial charge in [0.2, 0.25) is 0 Å². The van der Waals surface area contributed by atoms with Gasteiger partial charge >= 0.3 is 0 Å². The third-order valence-corrected chi connectivity index (χ3v) is 3.50. The Morgan fingerprint density at radius 1 is 1.25 bits per heavy atom. The molecule has 0 unspecified atom stereocenters. The number of aliphatic hydroxyl groups excluding tert-OH is 1. The van der Waals surface area contributed by atoms with Crippen LogP contribution in [0.1, 0.15) is 30.7 Å². The Morgan fingerprint density at radius 3 is 2.56 bits per heavy atom. The zero-order chi connectivity index (χ0) is 11.4. The van der Waals surface area contributed by atoms with Crippen LogP contribution in [0.15, 0.2) is 24.3 Å². The van der Waals surface area contributed by atoms with Crippen LogP contribution in [0.3, 0.4) is 0 Å². The van der Waals surface area contributed by atoms with Gasteiger partial charge in [0.15, 0.2) is 0 Å². The summed E-state index contributed by atoms with van der Waals surface area (Å²) in [5.41, 5.74) is 1.39. The average molecular weight is 240 g/mol.